The van der Waals surface area contributed by atoms with E-state index in [1.54, 1.807) is 4.90 Å². The summed E-state index contributed by atoms with van der Waals surface area (Å²) in [6.07, 6.45) is -3.26. The average molecular weight is 371 g/mol. The fourth-order valence-corrected chi connectivity index (χ4v) is 3.08. The zero-order valence-corrected chi connectivity index (χ0v) is 14.1. The molecule has 2 fully saturated rings. The van der Waals surface area contributed by atoms with Gasteiger partial charge in [0.2, 0.25) is 0 Å². The van der Waals surface area contributed by atoms with Crippen LogP contribution < -0.4 is 5.32 Å². The number of ether oxygens (including phenoxy) is 1. The van der Waals surface area contributed by atoms with Crippen molar-refractivity contribution in [2.75, 3.05) is 38.1 Å². The van der Waals surface area contributed by atoms with Gasteiger partial charge in [0.15, 0.2) is 0 Å². The number of amides is 3. The molecule has 2 heterocycles. The molecule has 2 aliphatic heterocycles. The van der Waals surface area contributed by atoms with Gasteiger partial charge in [0.05, 0.1) is 5.56 Å². The lowest BCUT2D eigenvalue weighted by molar-refractivity contribution is -0.142. The van der Waals surface area contributed by atoms with Crippen molar-refractivity contribution in [3.8, 4) is 0 Å². The third-order valence-corrected chi connectivity index (χ3v) is 4.52. The van der Waals surface area contributed by atoms with Crippen LogP contribution in [0.25, 0.3) is 0 Å². The molecule has 142 valence electrons. The van der Waals surface area contributed by atoms with Crippen LogP contribution in [0.3, 0.4) is 0 Å². The van der Waals surface area contributed by atoms with Gasteiger partial charge in [0.25, 0.3) is 5.91 Å². The largest absolute Gasteiger partial charge is 0.416 e. The molecule has 1 N–H and O–H groups in total. The molecule has 3 rings (SSSR count). The predicted octanol–water partition coefficient (Wildman–Crippen LogP) is 2.56. The van der Waals surface area contributed by atoms with Crippen LogP contribution in [0.5, 0.6) is 0 Å². The molecule has 26 heavy (non-hydrogen) atoms. The molecule has 6 nitrogen and oxygen atoms in total. The van der Waals surface area contributed by atoms with E-state index in [-0.39, 0.29) is 17.7 Å². The fraction of sp³-hybridized carbons (Fsp3) is 0.529. The molecule has 0 bridgehead atoms. The number of nitrogens with one attached hydrogen (secondary N) is 1. The fourth-order valence-electron chi connectivity index (χ4n) is 3.08. The summed E-state index contributed by atoms with van der Waals surface area (Å²) in [6.45, 7) is 2.01. The smallest absolute Gasteiger partial charge is 0.368 e. The quantitative estimate of drug-likeness (QED) is 0.869. The summed E-state index contributed by atoms with van der Waals surface area (Å²) in [5.41, 5.74) is -0.732. The number of carbonyl (C=O) groups excluding carboxylic acids is 2. The van der Waals surface area contributed by atoms with E-state index >= 15 is 0 Å². The first-order chi connectivity index (χ1) is 12.3. The Labute approximate surface area is 148 Å². The van der Waals surface area contributed by atoms with E-state index in [9.17, 15) is 22.8 Å². The van der Waals surface area contributed by atoms with Crippen LogP contribution in [0.15, 0.2) is 24.3 Å². The minimum absolute atomic E-state index is 0.0552. The molecular formula is C17H20F3N3O3. The second-order valence-corrected chi connectivity index (χ2v) is 6.32. The molecule has 0 aromatic heterocycles. The van der Waals surface area contributed by atoms with Crippen LogP contribution in [0.4, 0.5) is 23.7 Å². The molecule has 1 aromatic rings. The number of piperazine rings is 1. The van der Waals surface area contributed by atoms with Gasteiger partial charge in [-0.2, -0.15) is 13.2 Å². The van der Waals surface area contributed by atoms with Gasteiger partial charge >= 0.3 is 12.2 Å². The molecule has 2 saturated heterocycles. The molecule has 0 radical (unpaired) electrons. The van der Waals surface area contributed by atoms with E-state index in [2.05, 4.69) is 5.32 Å². The van der Waals surface area contributed by atoms with Crippen molar-refractivity contribution in [2.45, 2.75) is 25.1 Å². The van der Waals surface area contributed by atoms with Crippen molar-refractivity contribution in [1.82, 2.24) is 9.80 Å². The van der Waals surface area contributed by atoms with Crippen LogP contribution in [0.1, 0.15) is 18.4 Å². The predicted molar refractivity (Wildman–Crippen MR) is 87.6 cm³/mol. The van der Waals surface area contributed by atoms with Gasteiger partial charge in [-0.05, 0) is 31.0 Å². The number of alkyl halides is 3. The number of benzene rings is 1. The molecule has 0 aliphatic carbocycles. The van der Waals surface area contributed by atoms with E-state index in [4.69, 9.17) is 4.74 Å². The summed E-state index contributed by atoms with van der Waals surface area (Å²) < 4.78 is 43.6. The zero-order valence-electron chi connectivity index (χ0n) is 14.1. The Morgan fingerprint density at radius 1 is 1.12 bits per heavy atom. The molecule has 1 aromatic carbocycles. The first kappa shape index (κ1) is 18.5. The van der Waals surface area contributed by atoms with E-state index in [0.29, 0.717) is 32.8 Å². The minimum atomic E-state index is -4.46. The lowest BCUT2D eigenvalue weighted by Gasteiger charge is -2.35. The van der Waals surface area contributed by atoms with Crippen molar-refractivity contribution in [1.29, 1.82) is 0 Å². The van der Waals surface area contributed by atoms with Gasteiger partial charge in [-0.25, -0.2) is 4.79 Å². The molecule has 2 aliphatic rings. The van der Waals surface area contributed by atoms with Crippen LogP contribution in [0.2, 0.25) is 0 Å². The summed E-state index contributed by atoms with van der Waals surface area (Å²) in [7, 11) is 0. The van der Waals surface area contributed by atoms with E-state index in [0.717, 1.165) is 25.0 Å². The van der Waals surface area contributed by atoms with Gasteiger partial charge < -0.3 is 19.9 Å². The van der Waals surface area contributed by atoms with Crippen molar-refractivity contribution in [2.24, 2.45) is 0 Å². The van der Waals surface area contributed by atoms with Crippen molar-refractivity contribution in [3.05, 3.63) is 29.8 Å². The maximum atomic E-state index is 12.7. The first-order valence-electron chi connectivity index (χ1n) is 8.48. The summed E-state index contributed by atoms with van der Waals surface area (Å²) in [4.78, 5) is 27.7. The maximum Gasteiger partial charge on any atom is 0.416 e. The second-order valence-electron chi connectivity index (χ2n) is 6.32. The van der Waals surface area contributed by atoms with E-state index < -0.39 is 17.8 Å². The molecule has 0 unspecified atom stereocenters. The molecular weight excluding hydrogens is 351 g/mol. The van der Waals surface area contributed by atoms with Crippen molar-refractivity contribution in [3.63, 3.8) is 0 Å². The molecule has 0 spiro atoms. The number of hydrogen-bond acceptors (Lipinski definition) is 3. The molecule has 1 atom stereocenters. The zero-order chi connectivity index (χ0) is 18.7. The topological polar surface area (TPSA) is 61.9 Å². The lowest BCUT2D eigenvalue weighted by atomic mass is 10.2. The van der Waals surface area contributed by atoms with Crippen molar-refractivity contribution < 1.29 is 27.5 Å². The third-order valence-electron chi connectivity index (χ3n) is 4.52. The summed E-state index contributed by atoms with van der Waals surface area (Å²) in [5.74, 6) is -0.0552. The maximum absolute atomic E-state index is 12.7. The highest BCUT2D eigenvalue weighted by Gasteiger charge is 2.32. The highest BCUT2D eigenvalue weighted by molar-refractivity contribution is 5.89. The monoisotopic (exact) mass is 371 g/mol. The number of hydrogen-bond donors (Lipinski definition) is 1. The first-order valence-corrected chi connectivity index (χ1v) is 8.48. The van der Waals surface area contributed by atoms with Crippen LogP contribution in [-0.4, -0.2) is 60.6 Å². The highest BCUT2D eigenvalue weighted by atomic mass is 19.4. The van der Waals surface area contributed by atoms with Crippen LogP contribution in [0, 0.1) is 0 Å². The number of carbonyl (C=O) groups is 2. The van der Waals surface area contributed by atoms with Gasteiger partial charge in [0, 0.05) is 38.5 Å². The Hall–Kier alpha value is -2.29. The highest BCUT2D eigenvalue weighted by Crippen LogP contribution is 2.30. The van der Waals surface area contributed by atoms with Crippen LogP contribution >= 0.6 is 0 Å². The van der Waals surface area contributed by atoms with Crippen LogP contribution in [-0.2, 0) is 15.7 Å². The SMILES string of the molecule is O=C(Nc1cccc(C(F)(F)F)c1)N1CCN(C(=O)[C@H]2CCCO2)CC1. The van der Waals surface area contributed by atoms with E-state index in [1.165, 1.54) is 17.0 Å². The Kier molecular flexibility index (Phi) is 5.36. The van der Waals surface area contributed by atoms with E-state index in [1.807, 2.05) is 0 Å². The number of rotatable bonds is 2. The molecule has 9 heteroatoms. The second kappa shape index (κ2) is 7.53. The van der Waals surface area contributed by atoms with Gasteiger partial charge in [-0.1, -0.05) is 6.07 Å². The summed E-state index contributed by atoms with van der Waals surface area (Å²) in [5, 5.41) is 2.48. The number of halogens is 3. The lowest BCUT2D eigenvalue weighted by Crippen LogP contribution is -2.53. The normalized spacial score (nSPS) is 21.0. The number of urea groups is 1. The molecule has 3 amide bonds. The standard InChI is InChI=1S/C17H20F3N3O3/c18-17(19,20)12-3-1-4-13(11-12)21-16(25)23-8-6-22(7-9-23)15(24)14-5-2-10-26-14/h1,3-4,11,14H,2,5-10H2,(H,21,25)/t14-/m1/s1. The Bertz CT molecular complexity index is 667. The van der Waals surface area contributed by atoms with Crippen molar-refractivity contribution >= 4 is 17.6 Å². The number of anilines is 1. The summed E-state index contributed by atoms with van der Waals surface area (Å²) >= 11 is 0. The van der Waals surface area contributed by atoms with Gasteiger partial charge in [0.1, 0.15) is 6.10 Å². The molecule has 0 saturated carbocycles. The number of nitrogens with zero attached hydrogens (tertiary/aromatic N) is 2. The Morgan fingerprint density at radius 3 is 2.42 bits per heavy atom. The minimum Gasteiger partial charge on any atom is -0.368 e. The van der Waals surface area contributed by atoms with Gasteiger partial charge in [-0.15, -0.1) is 0 Å². The van der Waals surface area contributed by atoms with Gasteiger partial charge in [-0.3, -0.25) is 4.79 Å². The Balaban J connectivity index is 1.53. The Morgan fingerprint density at radius 2 is 1.81 bits per heavy atom. The average Bonchev–Trinajstić information content (AvgIpc) is 3.15. The third kappa shape index (κ3) is 4.27. The summed E-state index contributed by atoms with van der Waals surface area (Å²) in [6, 6.07) is 4.02.